The highest BCUT2D eigenvalue weighted by atomic mass is 35.5. The summed E-state index contributed by atoms with van der Waals surface area (Å²) in [6, 6.07) is 7.02. The van der Waals surface area contributed by atoms with Crippen molar-refractivity contribution in [1.29, 1.82) is 0 Å². The summed E-state index contributed by atoms with van der Waals surface area (Å²) in [6.45, 7) is -2.66. The lowest BCUT2D eigenvalue weighted by Crippen LogP contribution is -2.03. The minimum Gasteiger partial charge on any atom is -0.323 e. The van der Waals surface area contributed by atoms with Crippen molar-refractivity contribution in [2.75, 3.05) is 6.61 Å². The standard InChI is InChI=1S/C9H9ClF2O/c10-8-3-1-7(2-4-8)5-6-13-9(11)12/h1-4,9H,5-6H2. The van der Waals surface area contributed by atoms with Gasteiger partial charge in [0.1, 0.15) is 0 Å². The molecule has 0 unspecified atom stereocenters. The van der Waals surface area contributed by atoms with Gasteiger partial charge in [0.05, 0.1) is 6.61 Å². The first kappa shape index (κ1) is 10.4. The maximum absolute atomic E-state index is 11.6. The van der Waals surface area contributed by atoms with Gasteiger partial charge in [-0.25, -0.2) is 0 Å². The second kappa shape index (κ2) is 5.14. The van der Waals surface area contributed by atoms with Crippen molar-refractivity contribution in [3.63, 3.8) is 0 Å². The third-order valence-electron chi connectivity index (χ3n) is 1.55. The molecule has 1 aromatic carbocycles. The van der Waals surface area contributed by atoms with E-state index in [0.29, 0.717) is 11.4 Å². The molecule has 0 heterocycles. The van der Waals surface area contributed by atoms with Crippen LogP contribution in [-0.2, 0) is 11.2 Å². The van der Waals surface area contributed by atoms with Gasteiger partial charge in [0, 0.05) is 5.02 Å². The number of rotatable bonds is 4. The van der Waals surface area contributed by atoms with E-state index in [4.69, 9.17) is 11.6 Å². The van der Waals surface area contributed by atoms with E-state index in [0.717, 1.165) is 5.56 Å². The molecule has 0 amide bonds. The minimum atomic E-state index is -2.69. The van der Waals surface area contributed by atoms with Crippen LogP contribution in [0.25, 0.3) is 0 Å². The van der Waals surface area contributed by atoms with Crippen LogP contribution in [0.1, 0.15) is 5.56 Å². The van der Waals surface area contributed by atoms with Crippen LogP contribution in [0.4, 0.5) is 8.78 Å². The first-order valence-electron chi connectivity index (χ1n) is 3.82. The van der Waals surface area contributed by atoms with E-state index in [1.54, 1.807) is 24.3 Å². The molecule has 0 bridgehead atoms. The average Bonchev–Trinajstić information content (AvgIpc) is 2.08. The Labute approximate surface area is 80.3 Å². The fraction of sp³-hybridized carbons (Fsp3) is 0.333. The average molecular weight is 207 g/mol. The predicted molar refractivity (Wildman–Crippen MR) is 47.1 cm³/mol. The van der Waals surface area contributed by atoms with Crippen molar-refractivity contribution >= 4 is 11.6 Å². The molecular formula is C9H9ClF2O. The second-order valence-electron chi connectivity index (χ2n) is 2.51. The molecule has 0 saturated carbocycles. The summed E-state index contributed by atoms with van der Waals surface area (Å²) < 4.78 is 27.2. The Morgan fingerprint density at radius 2 is 1.85 bits per heavy atom. The summed E-state index contributed by atoms with van der Waals surface area (Å²) >= 11 is 5.64. The van der Waals surface area contributed by atoms with E-state index >= 15 is 0 Å². The highest BCUT2D eigenvalue weighted by molar-refractivity contribution is 6.30. The van der Waals surface area contributed by atoms with Crippen molar-refractivity contribution in [3.8, 4) is 0 Å². The van der Waals surface area contributed by atoms with E-state index in [1.165, 1.54) is 0 Å². The number of alkyl halides is 2. The topological polar surface area (TPSA) is 9.23 Å². The molecule has 0 aliphatic heterocycles. The Bertz CT molecular complexity index is 248. The first-order valence-corrected chi connectivity index (χ1v) is 4.20. The molecule has 1 aromatic rings. The van der Waals surface area contributed by atoms with Crippen molar-refractivity contribution < 1.29 is 13.5 Å². The maximum Gasteiger partial charge on any atom is 0.345 e. The van der Waals surface area contributed by atoms with Crippen molar-refractivity contribution in [2.45, 2.75) is 13.0 Å². The van der Waals surface area contributed by atoms with Crippen molar-refractivity contribution in [2.24, 2.45) is 0 Å². The molecule has 0 radical (unpaired) electrons. The molecule has 72 valence electrons. The molecule has 0 aliphatic carbocycles. The van der Waals surface area contributed by atoms with E-state index in [9.17, 15) is 8.78 Å². The number of hydrogen-bond donors (Lipinski definition) is 0. The number of hydrogen-bond acceptors (Lipinski definition) is 1. The van der Waals surface area contributed by atoms with Crippen molar-refractivity contribution in [1.82, 2.24) is 0 Å². The molecule has 1 nitrogen and oxygen atoms in total. The van der Waals surface area contributed by atoms with Gasteiger partial charge in [0.15, 0.2) is 0 Å². The molecular weight excluding hydrogens is 198 g/mol. The quantitative estimate of drug-likeness (QED) is 0.736. The van der Waals surface area contributed by atoms with E-state index in [-0.39, 0.29) is 6.61 Å². The van der Waals surface area contributed by atoms with E-state index in [1.807, 2.05) is 0 Å². The van der Waals surface area contributed by atoms with E-state index < -0.39 is 6.61 Å². The first-order chi connectivity index (χ1) is 6.18. The fourth-order valence-corrected chi connectivity index (χ4v) is 1.04. The van der Waals surface area contributed by atoms with Gasteiger partial charge in [0.25, 0.3) is 0 Å². The van der Waals surface area contributed by atoms with Crippen LogP contribution < -0.4 is 0 Å². The molecule has 0 fully saturated rings. The predicted octanol–water partition coefficient (Wildman–Crippen LogP) is 3.12. The lowest BCUT2D eigenvalue weighted by Gasteiger charge is -2.02. The molecule has 0 spiro atoms. The summed E-state index contributed by atoms with van der Waals surface area (Å²) in [5, 5.41) is 0.638. The van der Waals surface area contributed by atoms with Crippen molar-refractivity contribution in [3.05, 3.63) is 34.9 Å². The fourth-order valence-electron chi connectivity index (χ4n) is 0.917. The van der Waals surface area contributed by atoms with Gasteiger partial charge in [-0.15, -0.1) is 0 Å². The summed E-state index contributed by atoms with van der Waals surface area (Å²) in [6.07, 6.45) is 0.474. The minimum absolute atomic E-state index is 0.0271. The van der Waals surface area contributed by atoms with Gasteiger partial charge >= 0.3 is 6.61 Å². The molecule has 0 N–H and O–H groups in total. The Balaban J connectivity index is 2.33. The highest BCUT2D eigenvalue weighted by Crippen LogP contribution is 2.10. The van der Waals surface area contributed by atoms with Crippen LogP contribution in [0, 0.1) is 0 Å². The maximum atomic E-state index is 11.6. The van der Waals surface area contributed by atoms with Gasteiger partial charge in [-0.05, 0) is 24.1 Å². The van der Waals surface area contributed by atoms with Crippen LogP contribution >= 0.6 is 11.6 Å². The Kier molecular flexibility index (Phi) is 4.12. The zero-order valence-electron chi connectivity index (χ0n) is 6.84. The summed E-state index contributed by atoms with van der Waals surface area (Å²) in [7, 11) is 0. The highest BCUT2D eigenvalue weighted by Gasteiger charge is 2.00. The molecule has 0 saturated heterocycles. The molecule has 0 aromatic heterocycles. The third-order valence-corrected chi connectivity index (χ3v) is 1.80. The Morgan fingerprint density at radius 1 is 1.23 bits per heavy atom. The lowest BCUT2D eigenvalue weighted by molar-refractivity contribution is -0.127. The SMILES string of the molecule is FC(F)OCCc1ccc(Cl)cc1. The molecule has 4 heteroatoms. The molecule has 0 aliphatic rings. The summed E-state index contributed by atoms with van der Waals surface area (Å²) in [5.41, 5.74) is 0.935. The molecule has 1 rings (SSSR count). The normalized spacial score (nSPS) is 10.8. The van der Waals surface area contributed by atoms with Gasteiger partial charge in [0.2, 0.25) is 0 Å². The van der Waals surface area contributed by atoms with Gasteiger partial charge < -0.3 is 4.74 Å². The Hall–Kier alpha value is -0.670. The lowest BCUT2D eigenvalue weighted by atomic mass is 10.2. The molecule has 0 atom stereocenters. The van der Waals surface area contributed by atoms with Gasteiger partial charge in [-0.1, -0.05) is 23.7 Å². The van der Waals surface area contributed by atoms with E-state index in [2.05, 4.69) is 4.74 Å². The summed E-state index contributed by atoms with van der Waals surface area (Å²) in [5.74, 6) is 0. The smallest absolute Gasteiger partial charge is 0.323 e. The van der Waals surface area contributed by atoms with Crippen LogP contribution in [0.2, 0.25) is 5.02 Å². The van der Waals surface area contributed by atoms with Gasteiger partial charge in [-0.2, -0.15) is 8.78 Å². The van der Waals surface area contributed by atoms with Crippen LogP contribution in [0.5, 0.6) is 0 Å². The molecule has 13 heavy (non-hydrogen) atoms. The van der Waals surface area contributed by atoms with Crippen LogP contribution in [-0.4, -0.2) is 13.2 Å². The van der Waals surface area contributed by atoms with Crippen LogP contribution in [0.3, 0.4) is 0 Å². The zero-order valence-corrected chi connectivity index (χ0v) is 7.60. The third kappa shape index (κ3) is 4.20. The second-order valence-corrected chi connectivity index (χ2v) is 2.94. The number of halogens is 3. The number of benzene rings is 1. The Morgan fingerprint density at radius 3 is 2.38 bits per heavy atom. The largest absolute Gasteiger partial charge is 0.345 e. The monoisotopic (exact) mass is 206 g/mol. The summed E-state index contributed by atoms with van der Waals surface area (Å²) in [4.78, 5) is 0. The van der Waals surface area contributed by atoms with Gasteiger partial charge in [-0.3, -0.25) is 0 Å². The zero-order chi connectivity index (χ0) is 9.68. The number of ether oxygens (including phenoxy) is 1. The van der Waals surface area contributed by atoms with Crippen LogP contribution in [0.15, 0.2) is 24.3 Å².